The molecule has 0 radical (unpaired) electrons. The van der Waals surface area contributed by atoms with E-state index in [1.165, 1.54) is 4.90 Å². The number of fused-ring (bicyclic) bond motifs is 1. The summed E-state index contributed by atoms with van der Waals surface area (Å²) in [6.45, 7) is 1.75. The Balaban J connectivity index is 1.97. The van der Waals surface area contributed by atoms with Gasteiger partial charge in [-0.05, 0) is 19.1 Å². The van der Waals surface area contributed by atoms with Crippen molar-refractivity contribution in [1.29, 1.82) is 0 Å². The van der Waals surface area contributed by atoms with E-state index in [-0.39, 0.29) is 29.1 Å². The van der Waals surface area contributed by atoms with Crippen LogP contribution < -0.4 is 4.90 Å². The molecule has 0 spiro atoms. The fourth-order valence-corrected chi connectivity index (χ4v) is 3.58. The van der Waals surface area contributed by atoms with Gasteiger partial charge in [0, 0.05) is 18.2 Å². The monoisotopic (exact) mass is 408 g/mol. The summed E-state index contributed by atoms with van der Waals surface area (Å²) in [5.74, 6) is -5.11. The molecule has 9 heteroatoms. The van der Waals surface area contributed by atoms with Crippen LogP contribution in [0.5, 0.6) is 0 Å². The minimum atomic E-state index is -1.34. The van der Waals surface area contributed by atoms with Crippen LogP contribution in [0, 0.1) is 24.4 Å². The van der Waals surface area contributed by atoms with E-state index in [4.69, 9.17) is 5.11 Å². The molecule has 0 fully saturated rings. The third-order valence-electron chi connectivity index (χ3n) is 4.05. The van der Waals surface area contributed by atoms with Crippen LogP contribution in [0.1, 0.15) is 23.4 Å². The van der Waals surface area contributed by atoms with Gasteiger partial charge in [0.25, 0.3) is 0 Å². The molecule has 3 rings (SSSR count). The molecule has 28 heavy (non-hydrogen) atoms. The molecule has 0 aliphatic carbocycles. The van der Waals surface area contributed by atoms with Crippen LogP contribution in [0.4, 0.5) is 18.9 Å². The zero-order valence-corrected chi connectivity index (χ0v) is 15.5. The van der Waals surface area contributed by atoms with Crippen molar-refractivity contribution in [3.8, 4) is 0 Å². The number of aryl methyl sites for hydroxylation is 1. The Morgan fingerprint density at radius 2 is 1.79 bits per heavy atom. The number of carboxylic acids is 1. The minimum Gasteiger partial charge on any atom is -0.481 e. The van der Waals surface area contributed by atoms with Crippen LogP contribution >= 0.6 is 11.3 Å². The molecule has 0 saturated carbocycles. The number of aliphatic carboxylic acids is 1. The first-order valence-electron chi connectivity index (χ1n) is 8.28. The van der Waals surface area contributed by atoms with Crippen molar-refractivity contribution in [1.82, 2.24) is 4.98 Å². The SMILES string of the molecule is Cc1ccc(N(Cc2nc3c(F)c(F)cc(F)c3s2)C(=O)CCC(=O)O)cc1. The fraction of sp³-hybridized carbons (Fsp3) is 0.211. The lowest BCUT2D eigenvalue weighted by Gasteiger charge is -2.22. The number of amides is 1. The standard InChI is InChI=1S/C19H15F3N2O3S/c1-10-2-4-11(5-3-10)24(15(25)6-7-16(26)27)9-14-23-18-17(22)12(20)8-13(21)19(18)28-14/h2-5,8H,6-7,9H2,1H3,(H,26,27). The van der Waals surface area contributed by atoms with E-state index >= 15 is 0 Å². The number of benzene rings is 2. The topological polar surface area (TPSA) is 70.5 Å². The maximum Gasteiger partial charge on any atom is 0.303 e. The number of carbonyl (C=O) groups is 2. The highest BCUT2D eigenvalue weighted by Gasteiger charge is 2.22. The zero-order valence-electron chi connectivity index (χ0n) is 14.7. The maximum absolute atomic E-state index is 13.9. The highest BCUT2D eigenvalue weighted by Crippen LogP contribution is 2.30. The molecule has 0 unspecified atom stereocenters. The second kappa shape index (κ2) is 7.97. The van der Waals surface area contributed by atoms with E-state index < -0.39 is 34.8 Å². The molecule has 0 aliphatic heterocycles. The Kier molecular flexibility index (Phi) is 5.64. The average Bonchev–Trinajstić information content (AvgIpc) is 3.08. The van der Waals surface area contributed by atoms with Gasteiger partial charge >= 0.3 is 5.97 Å². The Labute approximate surface area is 162 Å². The number of thiazole rings is 1. The first kappa shape index (κ1) is 19.8. The van der Waals surface area contributed by atoms with Crippen LogP contribution in [-0.2, 0) is 16.1 Å². The van der Waals surface area contributed by atoms with Gasteiger partial charge in [0.1, 0.15) is 16.3 Å². The number of anilines is 1. The summed E-state index contributed by atoms with van der Waals surface area (Å²) in [6, 6.07) is 7.37. The van der Waals surface area contributed by atoms with Gasteiger partial charge in [0.05, 0.1) is 17.7 Å². The number of hydrogen-bond acceptors (Lipinski definition) is 4. The maximum atomic E-state index is 13.9. The number of aromatic nitrogens is 1. The van der Waals surface area contributed by atoms with Crippen molar-refractivity contribution >= 4 is 39.1 Å². The summed E-state index contributed by atoms with van der Waals surface area (Å²) in [5.41, 5.74) is 1.02. The van der Waals surface area contributed by atoms with E-state index in [9.17, 15) is 22.8 Å². The van der Waals surface area contributed by atoms with Crippen molar-refractivity contribution in [2.75, 3.05) is 4.90 Å². The number of halogens is 3. The smallest absolute Gasteiger partial charge is 0.303 e. The van der Waals surface area contributed by atoms with Crippen molar-refractivity contribution in [2.45, 2.75) is 26.3 Å². The highest BCUT2D eigenvalue weighted by molar-refractivity contribution is 7.18. The summed E-state index contributed by atoms with van der Waals surface area (Å²) in [6.07, 6.45) is -0.596. The molecule has 0 saturated heterocycles. The number of carboxylic acid groups (broad SMARTS) is 1. The van der Waals surface area contributed by atoms with Gasteiger partial charge in [-0.1, -0.05) is 17.7 Å². The van der Waals surface area contributed by atoms with Gasteiger partial charge in [-0.2, -0.15) is 0 Å². The molecule has 5 nitrogen and oxygen atoms in total. The predicted molar refractivity (Wildman–Crippen MR) is 98.7 cm³/mol. The van der Waals surface area contributed by atoms with Crippen LogP contribution in [0.15, 0.2) is 30.3 Å². The molecule has 1 N–H and O–H groups in total. The molecule has 146 valence electrons. The lowest BCUT2D eigenvalue weighted by Crippen LogP contribution is -2.30. The summed E-state index contributed by atoms with van der Waals surface area (Å²) >= 11 is 0.812. The minimum absolute atomic E-state index is 0.124. The van der Waals surface area contributed by atoms with Gasteiger partial charge < -0.3 is 10.0 Å². The number of carbonyl (C=O) groups excluding carboxylic acids is 1. The first-order valence-corrected chi connectivity index (χ1v) is 9.09. The fourth-order valence-electron chi connectivity index (χ4n) is 2.63. The lowest BCUT2D eigenvalue weighted by atomic mass is 10.2. The van der Waals surface area contributed by atoms with Gasteiger partial charge in [-0.25, -0.2) is 18.2 Å². The van der Waals surface area contributed by atoms with Gasteiger partial charge in [0.15, 0.2) is 11.6 Å². The summed E-state index contributed by atoms with van der Waals surface area (Å²) in [4.78, 5) is 28.6. The Bertz CT molecular complexity index is 1050. The van der Waals surface area contributed by atoms with Crippen molar-refractivity contribution in [2.24, 2.45) is 0 Å². The Morgan fingerprint density at radius 1 is 1.11 bits per heavy atom. The van der Waals surface area contributed by atoms with Crippen LogP contribution in [0.3, 0.4) is 0 Å². The average molecular weight is 408 g/mol. The number of nitrogens with zero attached hydrogens (tertiary/aromatic N) is 2. The highest BCUT2D eigenvalue weighted by atomic mass is 32.1. The molecule has 2 aromatic carbocycles. The first-order chi connectivity index (χ1) is 13.3. The molecule has 0 atom stereocenters. The van der Waals surface area contributed by atoms with Crippen molar-refractivity contribution in [3.05, 3.63) is 58.4 Å². The molecule has 1 aromatic heterocycles. The molecular formula is C19H15F3N2O3S. The molecule has 3 aromatic rings. The van der Waals surface area contributed by atoms with Crippen LogP contribution in [-0.4, -0.2) is 22.0 Å². The van der Waals surface area contributed by atoms with E-state index in [0.29, 0.717) is 11.8 Å². The zero-order chi connectivity index (χ0) is 20.4. The summed E-state index contributed by atoms with van der Waals surface area (Å²) in [7, 11) is 0. The number of rotatable bonds is 6. The second-order valence-electron chi connectivity index (χ2n) is 6.15. The van der Waals surface area contributed by atoms with Gasteiger partial charge in [-0.3, -0.25) is 9.59 Å². The third kappa shape index (κ3) is 4.14. The van der Waals surface area contributed by atoms with Crippen LogP contribution in [0.2, 0.25) is 0 Å². The molecular weight excluding hydrogens is 393 g/mol. The normalized spacial score (nSPS) is 11.0. The number of hydrogen-bond donors (Lipinski definition) is 1. The Hall–Kier alpha value is -2.94. The van der Waals surface area contributed by atoms with Gasteiger partial charge in [-0.15, -0.1) is 11.3 Å². The molecule has 0 aliphatic rings. The summed E-state index contributed by atoms with van der Waals surface area (Å²) in [5, 5.41) is 9.02. The van der Waals surface area contributed by atoms with Gasteiger partial charge in [0.2, 0.25) is 5.91 Å². The van der Waals surface area contributed by atoms with Crippen molar-refractivity contribution in [3.63, 3.8) is 0 Å². The van der Waals surface area contributed by atoms with Crippen molar-refractivity contribution < 1.29 is 27.9 Å². The van der Waals surface area contributed by atoms with E-state index in [1.54, 1.807) is 24.3 Å². The summed E-state index contributed by atoms with van der Waals surface area (Å²) < 4.78 is 41.1. The molecule has 1 heterocycles. The third-order valence-corrected chi connectivity index (χ3v) is 5.10. The van der Waals surface area contributed by atoms with E-state index in [0.717, 1.165) is 16.9 Å². The predicted octanol–water partition coefficient (Wildman–Crippen LogP) is 4.42. The second-order valence-corrected chi connectivity index (χ2v) is 7.23. The van der Waals surface area contributed by atoms with Crippen LogP contribution in [0.25, 0.3) is 10.2 Å². The quantitative estimate of drug-likeness (QED) is 0.613. The largest absolute Gasteiger partial charge is 0.481 e. The Morgan fingerprint density at radius 3 is 2.43 bits per heavy atom. The molecule has 1 amide bonds. The lowest BCUT2D eigenvalue weighted by molar-refractivity contribution is -0.138. The van der Waals surface area contributed by atoms with E-state index in [1.807, 2.05) is 6.92 Å². The van der Waals surface area contributed by atoms with E-state index in [2.05, 4.69) is 4.98 Å². The molecule has 0 bridgehead atoms.